The van der Waals surface area contributed by atoms with Crippen LogP contribution in [0.2, 0.25) is 0 Å². The quantitative estimate of drug-likeness (QED) is 0.639. The van der Waals surface area contributed by atoms with Gasteiger partial charge in [-0.15, -0.1) is 0 Å². The summed E-state index contributed by atoms with van der Waals surface area (Å²) in [7, 11) is 0. The first-order valence-corrected chi connectivity index (χ1v) is 6.08. The molecule has 0 saturated carbocycles. The molecule has 1 amide bonds. The highest BCUT2D eigenvalue weighted by molar-refractivity contribution is 9.10. The number of aliphatic hydroxyl groups is 1. The van der Waals surface area contributed by atoms with Crippen LogP contribution in [0.15, 0.2) is 22.7 Å². The van der Waals surface area contributed by atoms with E-state index in [-0.39, 0.29) is 28.2 Å². The minimum absolute atomic E-state index is 0.0314. The summed E-state index contributed by atoms with van der Waals surface area (Å²) in [6.07, 6.45) is 0. The number of benzene rings is 1. The summed E-state index contributed by atoms with van der Waals surface area (Å²) in [6, 6.07) is 4.26. The zero-order chi connectivity index (χ0) is 13.7. The molecule has 0 radical (unpaired) electrons. The van der Waals surface area contributed by atoms with Gasteiger partial charge in [-0.1, -0.05) is 13.0 Å². The molecule has 0 heterocycles. The smallest absolute Gasteiger partial charge is 0.284 e. The van der Waals surface area contributed by atoms with Crippen LogP contribution >= 0.6 is 15.9 Å². The normalized spacial score (nSPS) is 11.9. The van der Waals surface area contributed by atoms with Crippen molar-refractivity contribution < 1.29 is 14.8 Å². The van der Waals surface area contributed by atoms with E-state index in [1.54, 1.807) is 6.92 Å². The lowest BCUT2D eigenvalue weighted by Crippen LogP contribution is -2.29. The van der Waals surface area contributed by atoms with Gasteiger partial charge in [-0.05, 0) is 27.9 Å². The largest absolute Gasteiger partial charge is 0.396 e. The Morgan fingerprint density at radius 1 is 1.61 bits per heavy atom. The number of nitro groups is 1. The SMILES string of the molecule is CC(CO)CNC(=O)c1cccc([N+](=O)[O-])c1Br. The molecule has 1 aromatic rings. The lowest BCUT2D eigenvalue weighted by molar-refractivity contribution is -0.385. The van der Waals surface area contributed by atoms with Crippen molar-refractivity contribution in [2.45, 2.75) is 6.92 Å². The number of carbonyl (C=O) groups is 1. The maximum absolute atomic E-state index is 11.8. The Kier molecular flexibility index (Phi) is 5.24. The Bertz CT molecular complexity index is 464. The van der Waals surface area contributed by atoms with Crippen LogP contribution in [0.4, 0.5) is 5.69 Å². The Hall–Kier alpha value is -1.47. The second-order valence-electron chi connectivity index (χ2n) is 3.89. The lowest BCUT2D eigenvalue weighted by atomic mass is 10.1. The highest BCUT2D eigenvalue weighted by Gasteiger charge is 2.19. The summed E-state index contributed by atoms with van der Waals surface area (Å²) in [4.78, 5) is 22.0. The monoisotopic (exact) mass is 316 g/mol. The minimum atomic E-state index is -0.558. The van der Waals surface area contributed by atoms with Gasteiger partial charge in [0.2, 0.25) is 0 Å². The van der Waals surface area contributed by atoms with Crippen molar-refractivity contribution in [2.24, 2.45) is 5.92 Å². The van der Waals surface area contributed by atoms with Crippen LogP contribution in [0.3, 0.4) is 0 Å². The topological polar surface area (TPSA) is 92.5 Å². The standard InChI is InChI=1S/C11H13BrN2O4/c1-7(6-15)5-13-11(16)8-3-2-4-9(10(8)12)14(17)18/h2-4,7,15H,5-6H2,1H3,(H,13,16). The van der Waals surface area contributed by atoms with Crippen LogP contribution < -0.4 is 5.32 Å². The number of hydrogen-bond acceptors (Lipinski definition) is 4. The molecular weight excluding hydrogens is 304 g/mol. The molecule has 0 fully saturated rings. The van der Waals surface area contributed by atoms with Crippen LogP contribution in [0.1, 0.15) is 17.3 Å². The van der Waals surface area contributed by atoms with Gasteiger partial charge in [0.15, 0.2) is 0 Å². The summed E-state index contributed by atoms with van der Waals surface area (Å²) in [5.74, 6) is -0.475. The van der Waals surface area contributed by atoms with Gasteiger partial charge < -0.3 is 10.4 Å². The maximum atomic E-state index is 11.8. The molecule has 2 N–H and O–H groups in total. The van der Waals surface area contributed by atoms with Gasteiger partial charge in [-0.3, -0.25) is 14.9 Å². The fraction of sp³-hybridized carbons (Fsp3) is 0.364. The Morgan fingerprint density at radius 3 is 2.83 bits per heavy atom. The molecule has 0 aliphatic heterocycles. The van der Waals surface area contributed by atoms with Crippen molar-refractivity contribution in [1.82, 2.24) is 5.32 Å². The van der Waals surface area contributed by atoms with Crippen LogP contribution in [0.25, 0.3) is 0 Å². The molecule has 1 atom stereocenters. The fourth-order valence-electron chi connectivity index (χ4n) is 1.26. The Balaban J connectivity index is 2.86. The van der Waals surface area contributed by atoms with Gasteiger partial charge >= 0.3 is 0 Å². The van der Waals surface area contributed by atoms with E-state index in [2.05, 4.69) is 21.2 Å². The minimum Gasteiger partial charge on any atom is -0.396 e. The molecule has 1 rings (SSSR count). The number of nitro benzene ring substituents is 1. The van der Waals surface area contributed by atoms with E-state index < -0.39 is 10.8 Å². The Morgan fingerprint density at radius 2 is 2.28 bits per heavy atom. The molecular formula is C11H13BrN2O4. The average molecular weight is 317 g/mol. The van der Waals surface area contributed by atoms with Crippen LogP contribution in [-0.2, 0) is 0 Å². The van der Waals surface area contributed by atoms with Crippen molar-refractivity contribution in [3.05, 3.63) is 38.3 Å². The zero-order valence-corrected chi connectivity index (χ0v) is 11.3. The molecule has 6 nitrogen and oxygen atoms in total. The van der Waals surface area contributed by atoms with E-state index >= 15 is 0 Å². The summed E-state index contributed by atoms with van der Waals surface area (Å²) in [6.45, 7) is 2.06. The third kappa shape index (κ3) is 3.51. The number of nitrogens with one attached hydrogen (secondary N) is 1. The maximum Gasteiger partial charge on any atom is 0.284 e. The molecule has 0 saturated heterocycles. The summed E-state index contributed by atoms with van der Waals surface area (Å²) < 4.78 is 0.157. The van der Waals surface area contributed by atoms with Crippen LogP contribution in [0.5, 0.6) is 0 Å². The van der Waals surface area contributed by atoms with E-state index in [0.717, 1.165) is 0 Å². The zero-order valence-electron chi connectivity index (χ0n) is 9.72. The summed E-state index contributed by atoms with van der Waals surface area (Å²) in [5, 5.41) is 22.2. The summed E-state index contributed by atoms with van der Waals surface area (Å²) >= 11 is 3.05. The third-order valence-electron chi connectivity index (χ3n) is 2.34. The molecule has 1 aromatic carbocycles. The molecule has 0 spiro atoms. The predicted octanol–water partition coefficient (Wildman–Crippen LogP) is 1.72. The van der Waals surface area contributed by atoms with Gasteiger partial charge in [-0.25, -0.2) is 0 Å². The van der Waals surface area contributed by atoms with Gasteiger partial charge in [0.25, 0.3) is 11.6 Å². The van der Waals surface area contributed by atoms with Crippen molar-refractivity contribution in [3.63, 3.8) is 0 Å². The molecule has 98 valence electrons. The van der Waals surface area contributed by atoms with Crippen molar-refractivity contribution in [1.29, 1.82) is 0 Å². The van der Waals surface area contributed by atoms with E-state index in [1.807, 2.05) is 0 Å². The van der Waals surface area contributed by atoms with E-state index in [0.29, 0.717) is 6.54 Å². The number of hydrogen-bond donors (Lipinski definition) is 2. The molecule has 0 bridgehead atoms. The fourth-order valence-corrected chi connectivity index (χ4v) is 1.85. The third-order valence-corrected chi connectivity index (χ3v) is 3.18. The molecule has 18 heavy (non-hydrogen) atoms. The number of halogens is 1. The first-order chi connectivity index (χ1) is 8.47. The van der Waals surface area contributed by atoms with Crippen molar-refractivity contribution >= 4 is 27.5 Å². The number of aliphatic hydroxyl groups excluding tert-OH is 1. The highest BCUT2D eigenvalue weighted by atomic mass is 79.9. The number of amides is 1. The first-order valence-electron chi connectivity index (χ1n) is 5.29. The van der Waals surface area contributed by atoms with Crippen molar-refractivity contribution in [3.8, 4) is 0 Å². The van der Waals surface area contributed by atoms with Crippen molar-refractivity contribution in [2.75, 3.05) is 13.2 Å². The van der Waals surface area contributed by atoms with Gasteiger partial charge in [0.05, 0.1) is 10.5 Å². The van der Waals surface area contributed by atoms with E-state index in [4.69, 9.17) is 5.11 Å². The first kappa shape index (κ1) is 14.6. The van der Waals surface area contributed by atoms with Gasteiger partial charge in [0.1, 0.15) is 4.47 Å². The van der Waals surface area contributed by atoms with Gasteiger partial charge in [0, 0.05) is 19.2 Å². The highest BCUT2D eigenvalue weighted by Crippen LogP contribution is 2.28. The van der Waals surface area contributed by atoms with Crippen LogP contribution in [-0.4, -0.2) is 29.1 Å². The molecule has 0 aliphatic carbocycles. The summed E-state index contributed by atoms with van der Waals surface area (Å²) in [5.41, 5.74) is 0.0483. The van der Waals surface area contributed by atoms with E-state index in [9.17, 15) is 14.9 Å². The second kappa shape index (κ2) is 6.46. The number of rotatable bonds is 5. The lowest BCUT2D eigenvalue weighted by Gasteiger charge is -2.10. The molecule has 7 heteroatoms. The Labute approximate surface area is 112 Å². The number of nitrogens with zero attached hydrogens (tertiary/aromatic N) is 1. The number of carbonyl (C=O) groups excluding carboxylic acids is 1. The van der Waals surface area contributed by atoms with E-state index in [1.165, 1.54) is 18.2 Å². The van der Waals surface area contributed by atoms with Crippen LogP contribution in [0, 0.1) is 16.0 Å². The molecule has 1 unspecified atom stereocenters. The predicted molar refractivity (Wildman–Crippen MR) is 69.4 cm³/mol. The molecule has 0 aliphatic rings. The second-order valence-corrected chi connectivity index (χ2v) is 4.69. The average Bonchev–Trinajstić information content (AvgIpc) is 2.35. The van der Waals surface area contributed by atoms with Gasteiger partial charge in [-0.2, -0.15) is 0 Å². The molecule has 0 aromatic heterocycles.